The van der Waals surface area contributed by atoms with Crippen LogP contribution in [0, 0.1) is 0 Å². The smallest absolute Gasteiger partial charge is 0.237 e. The van der Waals surface area contributed by atoms with E-state index in [1.165, 1.54) is 16.4 Å². The molecule has 0 atom stereocenters. The Hall–Kier alpha value is -1.80. The molecule has 0 aliphatic carbocycles. The highest BCUT2D eigenvalue weighted by atomic mass is 32.1. The highest BCUT2D eigenvalue weighted by Gasteiger charge is 2.25. The lowest BCUT2D eigenvalue weighted by Crippen LogP contribution is -2.33. The van der Waals surface area contributed by atoms with E-state index < -0.39 is 0 Å². The van der Waals surface area contributed by atoms with Gasteiger partial charge in [-0.25, -0.2) is 4.98 Å². The van der Waals surface area contributed by atoms with Gasteiger partial charge in [0, 0.05) is 24.9 Å². The molecule has 3 rings (SSSR count). The molecule has 1 aliphatic heterocycles. The van der Waals surface area contributed by atoms with Crippen molar-refractivity contribution in [3.63, 3.8) is 0 Å². The normalized spacial score (nSPS) is 16.8. The number of amides is 1. The van der Waals surface area contributed by atoms with E-state index in [9.17, 15) is 4.79 Å². The molecule has 0 unspecified atom stereocenters. The van der Waals surface area contributed by atoms with Crippen LogP contribution in [-0.4, -0.2) is 43.0 Å². The topological polar surface area (TPSA) is 89.9 Å². The first-order valence-electron chi connectivity index (χ1n) is 8.37. The van der Waals surface area contributed by atoms with Crippen LogP contribution in [0.1, 0.15) is 54.9 Å². The van der Waals surface area contributed by atoms with Gasteiger partial charge in [0.1, 0.15) is 12.4 Å². The van der Waals surface area contributed by atoms with Crippen LogP contribution in [0.3, 0.4) is 0 Å². The maximum atomic E-state index is 11.2. The summed E-state index contributed by atoms with van der Waals surface area (Å²) in [6.07, 6.45) is 5.67. The van der Waals surface area contributed by atoms with Gasteiger partial charge in [-0.2, -0.15) is 0 Å². The second kappa shape index (κ2) is 7.40. The maximum absolute atomic E-state index is 11.2. The van der Waals surface area contributed by atoms with Gasteiger partial charge < -0.3 is 10.3 Å². The molecule has 1 fully saturated rings. The first kappa shape index (κ1) is 17.0. The molecule has 2 aromatic heterocycles. The Bertz CT molecular complexity index is 686. The number of nitrogens with two attached hydrogens (primary N) is 1. The van der Waals surface area contributed by atoms with Crippen LogP contribution >= 0.6 is 11.5 Å². The monoisotopic (exact) mass is 348 g/mol. The molecule has 2 aromatic rings. The van der Waals surface area contributed by atoms with E-state index in [1.54, 1.807) is 6.20 Å². The number of aromatic nitrogens is 4. The number of imidazole rings is 1. The molecule has 0 spiro atoms. The number of likely N-dealkylation sites (tertiary alicyclic amines) is 1. The number of hydrogen-bond donors (Lipinski definition) is 1. The number of piperidine rings is 1. The SMILES string of the molecule is CC(C)c1nnsc1CN1CCC(c2nccn2CC(N)=O)CC1. The molecular weight excluding hydrogens is 324 g/mol. The van der Waals surface area contributed by atoms with Crippen molar-refractivity contribution >= 4 is 17.4 Å². The lowest BCUT2D eigenvalue weighted by molar-refractivity contribution is -0.118. The van der Waals surface area contributed by atoms with Gasteiger partial charge in [-0.15, -0.1) is 5.10 Å². The molecule has 1 saturated heterocycles. The molecule has 1 amide bonds. The van der Waals surface area contributed by atoms with E-state index in [-0.39, 0.29) is 12.5 Å². The van der Waals surface area contributed by atoms with Crippen molar-refractivity contribution < 1.29 is 4.79 Å². The van der Waals surface area contributed by atoms with Crippen molar-refractivity contribution in [1.82, 2.24) is 24.0 Å². The number of carbonyl (C=O) groups excluding carboxylic acids is 1. The fraction of sp³-hybridized carbons (Fsp3) is 0.625. The molecule has 130 valence electrons. The van der Waals surface area contributed by atoms with Crippen molar-refractivity contribution in [2.45, 2.75) is 51.6 Å². The summed E-state index contributed by atoms with van der Waals surface area (Å²) in [4.78, 5) is 19.4. The van der Waals surface area contributed by atoms with Crippen LogP contribution in [0.5, 0.6) is 0 Å². The van der Waals surface area contributed by atoms with E-state index >= 15 is 0 Å². The van der Waals surface area contributed by atoms with Crippen molar-refractivity contribution in [1.29, 1.82) is 0 Å². The number of primary amides is 1. The van der Waals surface area contributed by atoms with Crippen LogP contribution in [0.2, 0.25) is 0 Å². The minimum Gasteiger partial charge on any atom is -0.368 e. The van der Waals surface area contributed by atoms with Gasteiger partial charge in [-0.3, -0.25) is 9.69 Å². The third kappa shape index (κ3) is 3.81. The molecule has 2 N–H and O–H groups in total. The van der Waals surface area contributed by atoms with Crippen molar-refractivity contribution in [2.75, 3.05) is 13.1 Å². The second-order valence-electron chi connectivity index (χ2n) is 6.67. The molecule has 0 radical (unpaired) electrons. The number of hydrogen-bond acceptors (Lipinski definition) is 6. The van der Waals surface area contributed by atoms with Crippen molar-refractivity contribution in [3.05, 3.63) is 28.8 Å². The van der Waals surface area contributed by atoms with Gasteiger partial charge in [0.05, 0.1) is 10.6 Å². The lowest BCUT2D eigenvalue weighted by atomic mass is 9.95. The van der Waals surface area contributed by atoms with E-state index in [2.05, 4.69) is 33.3 Å². The zero-order chi connectivity index (χ0) is 17.1. The largest absolute Gasteiger partial charge is 0.368 e. The Kier molecular flexibility index (Phi) is 5.25. The Morgan fingerprint density at radius 1 is 1.42 bits per heavy atom. The zero-order valence-corrected chi connectivity index (χ0v) is 15.0. The summed E-state index contributed by atoms with van der Waals surface area (Å²) in [6, 6.07) is 0. The fourth-order valence-electron chi connectivity index (χ4n) is 3.30. The summed E-state index contributed by atoms with van der Waals surface area (Å²) in [7, 11) is 0. The molecule has 0 bridgehead atoms. The molecule has 1 aliphatic rings. The van der Waals surface area contributed by atoms with Gasteiger partial charge >= 0.3 is 0 Å². The third-order valence-corrected chi connectivity index (χ3v) is 5.25. The second-order valence-corrected chi connectivity index (χ2v) is 7.50. The highest BCUT2D eigenvalue weighted by molar-refractivity contribution is 7.05. The standard InChI is InChI=1S/C16H24N6OS/c1-11(2)15-13(24-20-19-15)9-21-6-3-12(4-7-21)16-18-5-8-22(16)10-14(17)23/h5,8,11-12H,3-4,6-7,9-10H2,1-2H3,(H2,17,23). The summed E-state index contributed by atoms with van der Waals surface area (Å²) >= 11 is 1.51. The summed E-state index contributed by atoms with van der Waals surface area (Å²) < 4.78 is 5.99. The van der Waals surface area contributed by atoms with Gasteiger partial charge in [-0.1, -0.05) is 18.3 Å². The Morgan fingerprint density at radius 2 is 2.17 bits per heavy atom. The average molecular weight is 348 g/mol. The van der Waals surface area contributed by atoms with Gasteiger partial charge in [0.2, 0.25) is 5.91 Å². The Labute approximate surface area is 146 Å². The quantitative estimate of drug-likeness (QED) is 0.858. The summed E-state index contributed by atoms with van der Waals surface area (Å²) in [5, 5.41) is 4.26. The maximum Gasteiger partial charge on any atom is 0.237 e. The Morgan fingerprint density at radius 3 is 2.83 bits per heavy atom. The molecule has 3 heterocycles. The third-order valence-electron chi connectivity index (χ3n) is 4.53. The molecular formula is C16H24N6OS. The van der Waals surface area contributed by atoms with Crippen LogP contribution in [-0.2, 0) is 17.9 Å². The van der Waals surface area contributed by atoms with Gasteiger partial charge in [0.15, 0.2) is 0 Å². The van der Waals surface area contributed by atoms with Crippen LogP contribution in [0.25, 0.3) is 0 Å². The van der Waals surface area contributed by atoms with Gasteiger partial charge in [0.25, 0.3) is 0 Å². The molecule has 24 heavy (non-hydrogen) atoms. The summed E-state index contributed by atoms with van der Waals surface area (Å²) in [5.41, 5.74) is 6.44. The first-order valence-corrected chi connectivity index (χ1v) is 9.14. The zero-order valence-electron chi connectivity index (χ0n) is 14.2. The Balaban J connectivity index is 1.59. The highest BCUT2D eigenvalue weighted by Crippen LogP contribution is 2.29. The molecule has 0 saturated carbocycles. The van der Waals surface area contributed by atoms with Crippen molar-refractivity contribution in [2.24, 2.45) is 5.73 Å². The van der Waals surface area contributed by atoms with Crippen LogP contribution < -0.4 is 5.73 Å². The van der Waals surface area contributed by atoms with E-state index in [0.717, 1.165) is 44.0 Å². The van der Waals surface area contributed by atoms with Crippen molar-refractivity contribution in [3.8, 4) is 0 Å². The minimum absolute atomic E-state index is 0.208. The molecule has 0 aromatic carbocycles. The predicted molar refractivity (Wildman–Crippen MR) is 92.7 cm³/mol. The van der Waals surface area contributed by atoms with Crippen LogP contribution in [0.4, 0.5) is 0 Å². The molecule has 8 heteroatoms. The summed E-state index contributed by atoms with van der Waals surface area (Å²) in [5.74, 6) is 1.46. The van der Waals surface area contributed by atoms with E-state index in [0.29, 0.717) is 11.8 Å². The predicted octanol–water partition coefficient (Wildman–Crippen LogP) is 1.72. The lowest BCUT2D eigenvalue weighted by Gasteiger charge is -2.31. The van der Waals surface area contributed by atoms with Crippen LogP contribution in [0.15, 0.2) is 12.4 Å². The summed E-state index contributed by atoms with van der Waals surface area (Å²) in [6.45, 7) is 7.48. The van der Waals surface area contributed by atoms with E-state index in [4.69, 9.17) is 5.73 Å². The average Bonchev–Trinajstić information content (AvgIpc) is 3.17. The van der Waals surface area contributed by atoms with Gasteiger partial charge in [-0.05, 0) is 43.4 Å². The number of rotatable bonds is 6. The minimum atomic E-state index is -0.328. The molecule has 7 nitrogen and oxygen atoms in total. The van der Waals surface area contributed by atoms with E-state index in [1.807, 2.05) is 10.8 Å². The number of carbonyl (C=O) groups is 1. The fourth-order valence-corrected chi connectivity index (χ4v) is 4.14. The first-order chi connectivity index (χ1) is 11.5. The number of nitrogens with zero attached hydrogens (tertiary/aromatic N) is 5.